The summed E-state index contributed by atoms with van der Waals surface area (Å²) in [7, 11) is 0. The topological polar surface area (TPSA) is 54.3 Å². The largest absolute Gasteiger partial charge is 0.454 e. The van der Waals surface area contributed by atoms with E-state index < -0.39 is 5.82 Å². The molecule has 1 aliphatic heterocycles. The average Bonchev–Trinajstić information content (AvgIpc) is 2.92. The lowest BCUT2D eigenvalue weighted by molar-refractivity contribution is 0.174. The Hall–Kier alpha value is -2.74. The average molecular weight is 270 g/mol. The molecule has 0 bridgehead atoms. The van der Waals surface area contributed by atoms with Crippen LogP contribution in [0.2, 0.25) is 0 Å². The van der Waals surface area contributed by atoms with E-state index in [-0.39, 0.29) is 6.79 Å². The molecule has 0 saturated heterocycles. The minimum absolute atomic E-state index is 0.230. The van der Waals surface area contributed by atoms with Crippen LogP contribution in [0.15, 0.2) is 36.4 Å². The van der Waals surface area contributed by atoms with E-state index in [2.05, 4.69) is 5.32 Å². The Kier molecular flexibility index (Phi) is 3.13. The fourth-order valence-corrected chi connectivity index (χ4v) is 2.03. The van der Waals surface area contributed by atoms with Gasteiger partial charge in [0.2, 0.25) is 6.79 Å². The van der Waals surface area contributed by atoms with Crippen LogP contribution in [0.3, 0.4) is 0 Å². The van der Waals surface area contributed by atoms with Gasteiger partial charge in [-0.05, 0) is 35.9 Å². The molecule has 4 nitrogen and oxygen atoms in total. The monoisotopic (exact) mass is 270 g/mol. The molecule has 0 saturated carbocycles. The molecular weight excluding hydrogens is 259 g/mol. The van der Waals surface area contributed by atoms with Crippen LogP contribution in [-0.2, 0) is 6.54 Å². The third kappa shape index (κ3) is 2.50. The van der Waals surface area contributed by atoms with Crippen molar-refractivity contribution in [2.24, 2.45) is 0 Å². The minimum atomic E-state index is -0.411. The summed E-state index contributed by atoms with van der Waals surface area (Å²) >= 11 is 0. The number of rotatable bonds is 3. The van der Waals surface area contributed by atoms with Gasteiger partial charge < -0.3 is 14.8 Å². The molecule has 0 amide bonds. The van der Waals surface area contributed by atoms with Crippen LogP contribution in [0.5, 0.6) is 11.5 Å². The van der Waals surface area contributed by atoms with E-state index in [1.165, 1.54) is 12.1 Å². The lowest BCUT2D eigenvalue weighted by Gasteiger charge is -2.08. The molecule has 1 N–H and O–H groups in total. The SMILES string of the molecule is N#Cc1cc(F)cc(CNc2ccc3c(c2)OCO3)c1. The van der Waals surface area contributed by atoms with Crippen LogP contribution >= 0.6 is 0 Å². The number of fused-ring (bicyclic) bond motifs is 1. The Morgan fingerprint density at radius 2 is 2.00 bits per heavy atom. The third-order valence-corrected chi connectivity index (χ3v) is 2.96. The summed E-state index contributed by atoms with van der Waals surface area (Å²) in [6.07, 6.45) is 0. The van der Waals surface area contributed by atoms with Crippen molar-refractivity contribution < 1.29 is 13.9 Å². The maximum Gasteiger partial charge on any atom is 0.231 e. The van der Waals surface area contributed by atoms with Crippen molar-refractivity contribution in [3.63, 3.8) is 0 Å². The molecule has 0 atom stereocenters. The molecule has 2 aromatic carbocycles. The highest BCUT2D eigenvalue weighted by molar-refractivity contribution is 5.55. The first-order valence-electron chi connectivity index (χ1n) is 6.08. The normalized spacial score (nSPS) is 12.0. The highest BCUT2D eigenvalue weighted by atomic mass is 19.1. The maximum atomic E-state index is 13.3. The molecule has 0 unspecified atom stereocenters. The van der Waals surface area contributed by atoms with Gasteiger partial charge in [0.15, 0.2) is 11.5 Å². The van der Waals surface area contributed by atoms with Crippen LogP contribution in [0.25, 0.3) is 0 Å². The second-order valence-electron chi connectivity index (χ2n) is 4.38. The maximum absolute atomic E-state index is 13.3. The molecular formula is C15H11FN2O2. The van der Waals surface area contributed by atoms with Gasteiger partial charge in [0.25, 0.3) is 0 Å². The molecule has 0 fully saturated rings. The van der Waals surface area contributed by atoms with Crippen LogP contribution in [0.4, 0.5) is 10.1 Å². The molecule has 20 heavy (non-hydrogen) atoms. The first-order valence-corrected chi connectivity index (χ1v) is 6.08. The van der Waals surface area contributed by atoms with Crippen molar-refractivity contribution in [3.8, 4) is 17.6 Å². The molecule has 1 aliphatic rings. The number of nitrogens with zero attached hydrogens (tertiary/aromatic N) is 1. The number of nitrogens with one attached hydrogen (secondary N) is 1. The summed E-state index contributed by atoms with van der Waals surface area (Å²) in [5.41, 5.74) is 1.86. The van der Waals surface area contributed by atoms with Gasteiger partial charge in [0.1, 0.15) is 5.82 Å². The van der Waals surface area contributed by atoms with Crippen molar-refractivity contribution in [1.29, 1.82) is 5.26 Å². The molecule has 0 aromatic heterocycles. The molecule has 0 aliphatic carbocycles. The predicted molar refractivity (Wildman–Crippen MR) is 71.0 cm³/mol. The zero-order valence-electron chi connectivity index (χ0n) is 10.5. The molecule has 5 heteroatoms. The van der Waals surface area contributed by atoms with Crippen molar-refractivity contribution in [2.45, 2.75) is 6.54 Å². The fourth-order valence-electron chi connectivity index (χ4n) is 2.03. The van der Waals surface area contributed by atoms with E-state index in [1.54, 1.807) is 6.07 Å². The minimum Gasteiger partial charge on any atom is -0.454 e. The summed E-state index contributed by atoms with van der Waals surface area (Å²) in [6.45, 7) is 0.653. The summed E-state index contributed by atoms with van der Waals surface area (Å²) in [4.78, 5) is 0. The number of nitriles is 1. The lowest BCUT2D eigenvalue weighted by Crippen LogP contribution is -2.00. The number of benzene rings is 2. The second kappa shape index (κ2) is 5.10. The Morgan fingerprint density at radius 1 is 1.15 bits per heavy atom. The lowest BCUT2D eigenvalue weighted by atomic mass is 10.1. The van der Waals surface area contributed by atoms with Crippen LogP contribution in [0.1, 0.15) is 11.1 Å². The number of halogens is 1. The van der Waals surface area contributed by atoms with Crippen molar-refractivity contribution in [1.82, 2.24) is 0 Å². The number of hydrogen-bond acceptors (Lipinski definition) is 4. The van der Waals surface area contributed by atoms with Crippen LogP contribution < -0.4 is 14.8 Å². The number of anilines is 1. The van der Waals surface area contributed by atoms with Gasteiger partial charge in [-0.15, -0.1) is 0 Å². The van der Waals surface area contributed by atoms with Gasteiger partial charge in [-0.1, -0.05) is 0 Å². The highest BCUT2D eigenvalue weighted by Gasteiger charge is 2.13. The Bertz CT molecular complexity index is 695. The van der Waals surface area contributed by atoms with Crippen molar-refractivity contribution >= 4 is 5.69 Å². The van der Waals surface area contributed by atoms with Gasteiger partial charge in [0.05, 0.1) is 11.6 Å². The van der Waals surface area contributed by atoms with E-state index >= 15 is 0 Å². The Labute approximate surface area is 115 Å². The Morgan fingerprint density at radius 3 is 2.85 bits per heavy atom. The summed E-state index contributed by atoms with van der Waals surface area (Å²) in [5.74, 6) is 0.992. The summed E-state index contributed by atoms with van der Waals surface area (Å²) < 4.78 is 23.8. The zero-order chi connectivity index (χ0) is 13.9. The number of ether oxygens (including phenoxy) is 2. The highest BCUT2D eigenvalue weighted by Crippen LogP contribution is 2.34. The van der Waals surface area contributed by atoms with E-state index in [4.69, 9.17) is 14.7 Å². The van der Waals surface area contributed by atoms with Crippen LogP contribution in [0, 0.1) is 17.1 Å². The smallest absolute Gasteiger partial charge is 0.231 e. The predicted octanol–water partition coefficient (Wildman–Crippen LogP) is 3.04. The molecule has 1 heterocycles. The standard InChI is InChI=1S/C15H11FN2O2/c16-12-4-10(7-17)3-11(5-12)8-18-13-1-2-14-15(6-13)20-9-19-14/h1-6,18H,8-9H2. The first kappa shape index (κ1) is 12.3. The third-order valence-electron chi connectivity index (χ3n) is 2.96. The van der Waals surface area contributed by atoms with Gasteiger partial charge in [-0.2, -0.15) is 5.26 Å². The molecule has 0 radical (unpaired) electrons. The van der Waals surface area contributed by atoms with Gasteiger partial charge in [-0.25, -0.2) is 4.39 Å². The second-order valence-corrected chi connectivity index (χ2v) is 4.38. The fraction of sp³-hybridized carbons (Fsp3) is 0.133. The summed E-state index contributed by atoms with van der Waals surface area (Å²) in [6, 6.07) is 11.7. The van der Waals surface area contributed by atoms with Gasteiger partial charge in [-0.3, -0.25) is 0 Å². The van der Waals surface area contributed by atoms with Crippen molar-refractivity contribution in [2.75, 3.05) is 12.1 Å². The molecule has 0 spiro atoms. The van der Waals surface area contributed by atoms with Gasteiger partial charge >= 0.3 is 0 Å². The molecule has 2 aromatic rings. The van der Waals surface area contributed by atoms with E-state index in [0.717, 1.165) is 5.69 Å². The molecule has 3 rings (SSSR count). The van der Waals surface area contributed by atoms with Crippen LogP contribution in [-0.4, -0.2) is 6.79 Å². The zero-order valence-corrected chi connectivity index (χ0v) is 10.5. The van der Waals surface area contributed by atoms with Gasteiger partial charge in [0, 0.05) is 18.3 Å². The van der Waals surface area contributed by atoms with E-state index in [9.17, 15) is 4.39 Å². The van der Waals surface area contributed by atoms with Crippen molar-refractivity contribution in [3.05, 3.63) is 53.3 Å². The number of hydrogen-bond donors (Lipinski definition) is 1. The van der Waals surface area contributed by atoms with E-state index in [1.807, 2.05) is 24.3 Å². The summed E-state index contributed by atoms with van der Waals surface area (Å²) in [5, 5.41) is 12.0. The first-order chi connectivity index (χ1) is 9.74. The van der Waals surface area contributed by atoms with E-state index in [0.29, 0.717) is 29.2 Å². The molecule has 100 valence electrons. The quantitative estimate of drug-likeness (QED) is 0.931. The Balaban J connectivity index is 1.73.